The summed E-state index contributed by atoms with van der Waals surface area (Å²) in [4.78, 5) is 41.2. The van der Waals surface area contributed by atoms with Gasteiger partial charge in [0.2, 0.25) is 11.8 Å². The number of carbonyl (C=O) groups is 3. The molecule has 2 aliphatic heterocycles. The quantitative estimate of drug-likeness (QED) is 0.819. The number of fused-ring (bicyclic) bond motifs is 3. The zero-order chi connectivity index (χ0) is 20.6. The van der Waals surface area contributed by atoms with Crippen molar-refractivity contribution in [3.8, 4) is 5.75 Å². The van der Waals surface area contributed by atoms with E-state index in [4.69, 9.17) is 4.74 Å². The summed E-state index contributed by atoms with van der Waals surface area (Å²) in [5, 5.41) is 2.78. The minimum atomic E-state index is -1.00. The number of nitrogens with zero attached hydrogens (tertiary/aromatic N) is 2. The molecular weight excluding hydrogens is 390 g/mol. The zero-order valence-electron chi connectivity index (χ0n) is 16.2. The van der Waals surface area contributed by atoms with Gasteiger partial charge < -0.3 is 15.0 Å². The number of likely N-dealkylation sites (N-methyl/N-ethyl adjacent to an activating group) is 1. The first kappa shape index (κ1) is 19.3. The summed E-state index contributed by atoms with van der Waals surface area (Å²) in [5.74, 6) is 0.0818. The molecule has 0 spiro atoms. The van der Waals surface area contributed by atoms with Crippen molar-refractivity contribution in [2.24, 2.45) is 0 Å². The smallest absolute Gasteiger partial charge is 0.260 e. The lowest BCUT2D eigenvalue weighted by Gasteiger charge is -2.33. The van der Waals surface area contributed by atoms with Gasteiger partial charge in [-0.3, -0.25) is 19.3 Å². The molecule has 150 valence electrons. The van der Waals surface area contributed by atoms with Crippen molar-refractivity contribution in [2.45, 2.75) is 22.6 Å². The number of amides is 3. The average molecular weight is 411 g/mol. The Labute approximate surface area is 173 Å². The average Bonchev–Trinajstić information content (AvgIpc) is 3.23. The van der Waals surface area contributed by atoms with Gasteiger partial charge in [-0.1, -0.05) is 23.9 Å². The molecule has 7 nitrogen and oxygen atoms in total. The van der Waals surface area contributed by atoms with Crippen LogP contribution in [0, 0.1) is 0 Å². The van der Waals surface area contributed by atoms with E-state index >= 15 is 0 Å². The van der Waals surface area contributed by atoms with Crippen molar-refractivity contribution in [1.29, 1.82) is 0 Å². The Morgan fingerprint density at radius 3 is 2.66 bits per heavy atom. The summed E-state index contributed by atoms with van der Waals surface area (Å²) in [6.45, 7) is -0.106. The van der Waals surface area contributed by atoms with Gasteiger partial charge in [0.15, 0.2) is 4.87 Å². The lowest BCUT2D eigenvalue weighted by molar-refractivity contribution is -0.135. The Balaban J connectivity index is 1.47. The highest BCUT2D eigenvalue weighted by Crippen LogP contribution is 2.56. The molecule has 3 amide bonds. The van der Waals surface area contributed by atoms with Crippen LogP contribution in [0.1, 0.15) is 12.8 Å². The molecule has 0 aliphatic carbocycles. The maximum Gasteiger partial charge on any atom is 0.260 e. The van der Waals surface area contributed by atoms with Crippen LogP contribution in [0.3, 0.4) is 0 Å². The normalized spacial score (nSPS) is 19.5. The SMILES string of the molecule is COc1ccc(NC(=O)CN(C)C(=O)C23CCC(=O)N2c2ccccc2S3)cc1. The van der Waals surface area contributed by atoms with Crippen LogP contribution in [0.4, 0.5) is 11.4 Å². The largest absolute Gasteiger partial charge is 0.497 e. The Kier molecular flexibility index (Phi) is 4.96. The van der Waals surface area contributed by atoms with E-state index in [1.165, 1.54) is 16.7 Å². The predicted molar refractivity (Wildman–Crippen MR) is 111 cm³/mol. The molecule has 0 bridgehead atoms. The number of thioether (sulfide) groups is 1. The molecule has 0 saturated carbocycles. The van der Waals surface area contributed by atoms with E-state index in [1.54, 1.807) is 43.3 Å². The summed E-state index contributed by atoms with van der Waals surface area (Å²) < 4.78 is 5.10. The first-order valence-electron chi connectivity index (χ1n) is 9.25. The zero-order valence-corrected chi connectivity index (χ0v) is 17.0. The number of carbonyl (C=O) groups excluding carboxylic acids is 3. The van der Waals surface area contributed by atoms with Crippen LogP contribution >= 0.6 is 11.8 Å². The van der Waals surface area contributed by atoms with Crippen LogP contribution in [-0.2, 0) is 14.4 Å². The third kappa shape index (κ3) is 3.33. The maximum absolute atomic E-state index is 13.3. The van der Waals surface area contributed by atoms with Gasteiger partial charge in [-0.05, 0) is 42.8 Å². The molecular formula is C21H21N3O4S. The summed E-state index contributed by atoms with van der Waals surface area (Å²) in [6.07, 6.45) is 0.743. The highest BCUT2D eigenvalue weighted by Gasteiger charge is 2.58. The summed E-state index contributed by atoms with van der Waals surface area (Å²) in [5.41, 5.74) is 1.39. The molecule has 1 saturated heterocycles. The van der Waals surface area contributed by atoms with E-state index in [2.05, 4.69) is 5.32 Å². The van der Waals surface area contributed by atoms with Crippen molar-refractivity contribution < 1.29 is 19.1 Å². The summed E-state index contributed by atoms with van der Waals surface area (Å²) in [6, 6.07) is 14.5. The minimum Gasteiger partial charge on any atom is -0.497 e. The van der Waals surface area contributed by atoms with Crippen LogP contribution < -0.4 is 15.0 Å². The molecule has 29 heavy (non-hydrogen) atoms. The van der Waals surface area contributed by atoms with Crippen molar-refractivity contribution in [3.05, 3.63) is 48.5 Å². The van der Waals surface area contributed by atoms with Crippen LogP contribution in [0.5, 0.6) is 5.75 Å². The van der Waals surface area contributed by atoms with Crippen LogP contribution in [0.2, 0.25) is 0 Å². The minimum absolute atomic E-state index is 0.0631. The second-order valence-corrected chi connectivity index (χ2v) is 8.34. The lowest BCUT2D eigenvalue weighted by atomic mass is 10.1. The number of methoxy groups -OCH3 is 1. The van der Waals surface area contributed by atoms with Crippen LogP contribution in [0.25, 0.3) is 0 Å². The third-order valence-corrected chi connectivity index (χ3v) is 6.57. The van der Waals surface area contributed by atoms with E-state index in [-0.39, 0.29) is 24.3 Å². The number of rotatable bonds is 5. The van der Waals surface area contributed by atoms with Gasteiger partial charge >= 0.3 is 0 Å². The first-order valence-corrected chi connectivity index (χ1v) is 10.1. The summed E-state index contributed by atoms with van der Waals surface area (Å²) in [7, 11) is 3.17. The van der Waals surface area contributed by atoms with Crippen LogP contribution in [0.15, 0.2) is 53.4 Å². The Bertz CT molecular complexity index is 978. The van der Waals surface area contributed by atoms with Gasteiger partial charge in [0, 0.05) is 24.1 Å². The van der Waals surface area contributed by atoms with Gasteiger partial charge in [-0.15, -0.1) is 0 Å². The van der Waals surface area contributed by atoms with Crippen molar-refractivity contribution in [2.75, 3.05) is 30.9 Å². The Hall–Kier alpha value is -3.00. The number of nitrogens with one attached hydrogen (secondary N) is 1. The van der Waals surface area contributed by atoms with Crippen LogP contribution in [-0.4, -0.2) is 48.2 Å². The number of hydrogen-bond acceptors (Lipinski definition) is 5. The highest BCUT2D eigenvalue weighted by atomic mass is 32.2. The number of anilines is 2. The molecule has 4 rings (SSSR count). The molecule has 8 heteroatoms. The van der Waals surface area contributed by atoms with E-state index in [1.807, 2.05) is 24.3 Å². The fourth-order valence-electron chi connectivity index (χ4n) is 3.74. The van der Waals surface area contributed by atoms with Gasteiger partial charge in [0.05, 0.1) is 19.3 Å². The lowest BCUT2D eigenvalue weighted by Crippen LogP contribution is -2.54. The van der Waals surface area contributed by atoms with Crippen molar-refractivity contribution in [3.63, 3.8) is 0 Å². The maximum atomic E-state index is 13.3. The second-order valence-electron chi connectivity index (χ2n) is 7.02. The number of hydrogen-bond donors (Lipinski definition) is 1. The fraction of sp³-hybridized carbons (Fsp3) is 0.286. The van der Waals surface area contributed by atoms with Gasteiger partial charge in [0.25, 0.3) is 5.91 Å². The number of para-hydroxylation sites is 1. The second kappa shape index (κ2) is 7.44. The van der Waals surface area contributed by atoms with E-state index < -0.39 is 4.87 Å². The monoisotopic (exact) mass is 411 g/mol. The predicted octanol–water partition coefficient (Wildman–Crippen LogP) is 2.72. The summed E-state index contributed by atoms with van der Waals surface area (Å²) >= 11 is 1.40. The first-order chi connectivity index (χ1) is 13.9. The van der Waals surface area contributed by atoms with Gasteiger partial charge in [-0.25, -0.2) is 0 Å². The number of benzene rings is 2. The molecule has 1 unspecified atom stereocenters. The van der Waals surface area contributed by atoms with Gasteiger partial charge in [0.1, 0.15) is 5.75 Å². The third-order valence-electron chi connectivity index (χ3n) is 5.11. The van der Waals surface area contributed by atoms with Gasteiger partial charge in [-0.2, -0.15) is 0 Å². The molecule has 1 atom stereocenters. The molecule has 0 aromatic heterocycles. The molecule has 1 fully saturated rings. The Morgan fingerprint density at radius 1 is 1.21 bits per heavy atom. The number of ether oxygens (including phenoxy) is 1. The van der Waals surface area contributed by atoms with E-state index in [0.717, 1.165) is 10.6 Å². The highest BCUT2D eigenvalue weighted by molar-refractivity contribution is 8.02. The topological polar surface area (TPSA) is 79.0 Å². The molecule has 2 aromatic rings. The van der Waals surface area contributed by atoms with Crippen molar-refractivity contribution in [1.82, 2.24) is 4.90 Å². The molecule has 1 N–H and O–H groups in total. The molecule has 0 radical (unpaired) electrons. The Morgan fingerprint density at radius 2 is 1.93 bits per heavy atom. The fourth-order valence-corrected chi connectivity index (χ4v) is 5.26. The van der Waals surface area contributed by atoms with E-state index in [0.29, 0.717) is 24.3 Å². The molecule has 2 heterocycles. The molecule has 2 aliphatic rings. The standard InChI is InChI=1S/C21H21N3O4S/c1-23(13-18(25)22-14-7-9-15(28-2)10-8-14)20(27)21-12-11-19(26)24(21)16-5-3-4-6-17(16)29-21/h3-10H,11-13H2,1-2H3,(H,22,25). The molecule has 2 aromatic carbocycles. The van der Waals surface area contributed by atoms with E-state index in [9.17, 15) is 14.4 Å². The van der Waals surface area contributed by atoms with Crippen molar-refractivity contribution >= 4 is 40.9 Å².